The zero-order chi connectivity index (χ0) is 27.1. The van der Waals surface area contributed by atoms with Crippen LogP contribution in [0, 0.1) is 5.41 Å². The molecule has 10 heteroatoms. The number of hydrogen-bond donors (Lipinski definition) is 3. The number of anilines is 2. The standard InChI is InChI=1S/C28H32N6O4/c1-5-27(35)34-12-9-19(10-13-34)38-26-15-20-22(16-25(26)37-4)31-17-32-28(20)33-23-14-18(6-7-24(23)36-3)21(30-2)8-11-29/h5-8,11,14-17,19,29-30H,1,9-10,12-13H2,2-4H3,(H,31,32,33)/b21-8-,29-11?. The van der Waals surface area contributed by atoms with E-state index in [-0.39, 0.29) is 12.0 Å². The molecule has 2 heterocycles. The van der Waals surface area contributed by atoms with Crippen LogP contribution in [0.15, 0.2) is 55.4 Å². The van der Waals surface area contributed by atoms with Gasteiger partial charge in [-0.1, -0.05) is 6.58 Å². The summed E-state index contributed by atoms with van der Waals surface area (Å²) in [5.74, 6) is 2.30. The molecule has 4 rings (SSSR count). The average molecular weight is 517 g/mol. The van der Waals surface area contributed by atoms with E-state index in [1.165, 1.54) is 18.6 Å². The number of benzene rings is 2. The molecule has 0 unspecified atom stereocenters. The number of ether oxygens (including phenoxy) is 3. The number of amides is 1. The molecule has 1 saturated heterocycles. The van der Waals surface area contributed by atoms with Crippen LogP contribution in [0.2, 0.25) is 0 Å². The third-order valence-corrected chi connectivity index (χ3v) is 6.43. The van der Waals surface area contributed by atoms with E-state index < -0.39 is 0 Å². The molecule has 198 valence electrons. The van der Waals surface area contributed by atoms with Crippen molar-refractivity contribution < 1.29 is 19.0 Å². The van der Waals surface area contributed by atoms with Crippen molar-refractivity contribution in [1.29, 1.82) is 5.41 Å². The predicted octanol–water partition coefficient (Wildman–Crippen LogP) is 4.16. The summed E-state index contributed by atoms with van der Waals surface area (Å²) in [6.07, 6.45) is 7.10. The third kappa shape index (κ3) is 5.69. The summed E-state index contributed by atoms with van der Waals surface area (Å²) < 4.78 is 17.5. The third-order valence-electron chi connectivity index (χ3n) is 6.43. The maximum Gasteiger partial charge on any atom is 0.245 e. The van der Waals surface area contributed by atoms with Crippen LogP contribution in [0.5, 0.6) is 17.2 Å². The van der Waals surface area contributed by atoms with Crippen LogP contribution < -0.4 is 24.8 Å². The maximum absolute atomic E-state index is 11.9. The number of fused-ring (bicyclic) bond motifs is 1. The van der Waals surface area contributed by atoms with Crippen molar-refractivity contribution in [3.63, 3.8) is 0 Å². The van der Waals surface area contributed by atoms with Crippen molar-refractivity contribution in [1.82, 2.24) is 20.2 Å². The fourth-order valence-corrected chi connectivity index (χ4v) is 4.43. The van der Waals surface area contributed by atoms with Crippen molar-refractivity contribution in [2.24, 2.45) is 0 Å². The van der Waals surface area contributed by atoms with E-state index in [9.17, 15) is 4.79 Å². The van der Waals surface area contributed by atoms with Gasteiger partial charge in [0, 0.05) is 56.3 Å². The first-order valence-electron chi connectivity index (χ1n) is 12.3. The molecule has 38 heavy (non-hydrogen) atoms. The number of hydrogen-bond acceptors (Lipinski definition) is 9. The van der Waals surface area contributed by atoms with E-state index in [4.69, 9.17) is 19.6 Å². The highest BCUT2D eigenvalue weighted by Crippen LogP contribution is 2.37. The lowest BCUT2D eigenvalue weighted by molar-refractivity contribution is -0.127. The van der Waals surface area contributed by atoms with E-state index in [1.54, 1.807) is 32.2 Å². The number of aromatic nitrogens is 2. The van der Waals surface area contributed by atoms with Crippen LogP contribution in [-0.2, 0) is 4.79 Å². The zero-order valence-corrected chi connectivity index (χ0v) is 21.8. The SMILES string of the molecule is C=CC(=O)N1CCC(Oc2cc3c(Nc4cc(/C(=C/C=N)NC)ccc4OC)ncnc3cc2OC)CC1. The number of nitrogens with one attached hydrogen (secondary N) is 3. The van der Waals surface area contributed by atoms with Gasteiger partial charge in [-0.15, -0.1) is 0 Å². The summed E-state index contributed by atoms with van der Waals surface area (Å²) in [5, 5.41) is 14.7. The molecule has 1 aromatic heterocycles. The normalized spacial score (nSPS) is 14.1. The Morgan fingerprint density at radius 3 is 2.53 bits per heavy atom. The Morgan fingerprint density at radius 2 is 1.87 bits per heavy atom. The molecule has 0 spiro atoms. The van der Waals surface area contributed by atoms with E-state index in [2.05, 4.69) is 27.2 Å². The number of methoxy groups -OCH3 is 2. The number of allylic oxidation sites excluding steroid dienone is 1. The van der Waals surface area contributed by atoms with Gasteiger partial charge in [-0.25, -0.2) is 9.97 Å². The fourth-order valence-electron chi connectivity index (χ4n) is 4.43. The summed E-state index contributed by atoms with van der Waals surface area (Å²) in [5.41, 5.74) is 3.06. The quantitative estimate of drug-likeness (QED) is 0.271. The molecule has 1 amide bonds. The van der Waals surface area contributed by atoms with Crippen LogP contribution >= 0.6 is 0 Å². The molecule has 10 nitrogen and oxygen atoms in total. The Bertz CT molecular complexity index is 1360. The van der Waals surface area contributed by atoms with Crippen LogP contribution in [0.4, 0.5) is 11.5 Å². The molecule has 1 aliphatic rings. The molecule has 2 aromatic carbocycles. The summed E-state index contributed by atoms with van der Waals surface area (Å²) >= 11 is 0. The van der Waals surface area contributed by atoms with E-state index in [0.29, 0.717) is 60.2 Å². The second-order valence-electron chi connectivity index (χ2n) is 8.63. The van der Waals surface area contributed by atoms with Crippen molar-refractivity contribution in [2.75, 3.05) is 39.7 Å². The van der Waals surface area contributed by atoms with Gasteiger partial charge in [0.2, 0.25) is 5.91 Å². The molecule has 1 aliphatic heterocycles. The molecule has 0 bridgehead atoms. The van der Waals surface area contributed by atoms with Gasteiger partial charge in [0.1, 0.15) is 24.0 Å². The number of likely N-dealkylation sites (tertiary alicyclic amines) is 1. The number of nitrogens with zero attached hydrogens (tertiary/aromatic N) is 3. The van der Waals surface area contributed by atoms with Gasteiger partial charge in [-0.05, 0) is 42.0 Å². The second kappa shape index (κ2) is 12.1. The van der Waals surface area contributed by atoms with E-state index in [0.717, 1.165) is 16.6 Å². The molecule has 0 aliphatic carbocycles. The second-order valence-corrected chi connectivity index (χ2v) is 8.63. The Labute approximate surface area is 221 Å². The molecule has 0 saturated carbocycles. The van der Waals surface area contributed by atoms with Crippen molar-refractivity contribution >= 4 is 40.2 Å². The topological polar surface area (TPSA) is 122 Å². The number of piperidine rings is 1. The van der Waals surface area contributed by atoms with Gasteiger partial charge >= 0.3 is 0 Å². The Kier molecular flexibility index (Phi) is 8.42. The van der Waals surface area contributed by atoms with Gasteiger partial charge in [0.25, 0.3) is 0 Å². The Balaban J connectivity index is 1.66. The lowest BCUT2D eigenvalue weighted by atomic mass is 10.1. The average Bonchev–Trinajstić information content (AvgIpc) is 2.95. The Hall–Kier alpha value is -4.60. The summed E-state index contributed by atoms with van der Waals surface area (Å²) in [7, 11) is 5.01. The van der Waals surface area contributed by atoms with Crippen molar-refractivity contribution in [3.8, 4) is 17.2 Å². The molecule has 1 fully saturated rings. The molecule has 0 radical (unpaired) electrons. The van der Waals surface area contributed by atoms with Crippen LogP contribution in [0.1, 0.15) is 18.4 Å². The predicted molar refractivity (Wildman–Crippen MR) is 149 cm³/mol. The minimum atomic E-state index is -0.0615. The van der Waals surface area contributed by atoms with Gasteiger partial charge < -0.3 is 35.2 Å². The Morgan fingerprint density at radius 1 is 1.11 bits per heavy atom. The molecule has 3 aromatic rings. The van der Waals surface area contributed by atoms with Crippen molar-refractivity contribution in [2.45, 2.75) is 18.9 Å². The zero-order valence-electron chi connectivity index (χ0n) is 21.8. The lowest BCUT2D eigenvalue weighted by Gasteiger charge is -2.31. The molecular weight excluding hydrogens is 484 g/mol. The summed E-state index contributed by atoms with van der Waals surface area (Å²) in [4.78, 5) is 22.6. The highest BCUT2D eigenvalue weighted by atomic mass is 16.5. The molecular formula is C28H32N6O4. The van der Waals surface area contributed by atoms with Crippen LogP contribution in [-0.4, -0.2) is 67.5 Å². The first kappa shape index (κ1) is 26.5. The number of carbonyl (C=O) groups excluding carboxylic acids is 1. The van der Waals surface area contributed by atoms with Gasteiger partial charge in [0.15, 0.2) is 11.5 Å². The smallest absolute Gasteiger partial charge is 0.245 e. The first-order chi connectivity index (χ1) is 18.5. The minimum Gasteiger partial charge on any atom is -0.495 e. The number of carbonyl (C=O) groups is 1. The van der Waals surface area contributed by atoms with Crippen LogP contribution in [0.25, 0.3) is 16.6 Å². The van der Waals surface area contributed by atoms with Gasteiger partial charge in [-0.2, -0.15) is 0 Å². The maximum atomic E-state index is 11.9. The van der Waals surface area contributed by atoms with E-state index >= 15 is 0 Å². The molecule has 0 atom stereocenters. The minimum absolute atomic E-state index is 0.0609. The monoisotopic (exact) mass is 516 g/mol. The highest BCUT2D eigenvalue weighted by molar-refractivity contribution is 5.94. The lowest BCUT2D eigenvalue weighted by Crippen LogP contribution is -2.41. The van der Waals surface area contributed by atoms with Crippen molar-refractivity contribution in [3.05, 3.63) is 61.0 Å². The molecule has 3 N–H and O–H groups in total. The largest absolute Gasteiger partial charge is 0.495 e. The summed E-state index contributed by atoms with van der Waals surface area (Å²) in [6, 6.07) is 9.41. The van der Waals surface area contributed by atoms with Crippen LogP contribution in [0.3, 0.4) is 0 Å². The van der Waals surface area contributed by atoms with Gasteiger partial charge in [-0.3, -0.25) is 4.79 Å². The fraction of sp³-hybridized carbons (Fsp3) is 0.286. The first-order valence-corrected chi connectivity index (χ1v) is 12.3. The highest BCUT2D eigenvalue weighted by Gasteiger charge is 2.24. The van der Waals surface area contributed by atoms with Gasteiger partial charge in [0.05, 0.1) is 25.4 Å². The van der Waals surface area contributed by atoms with E-state index in [1.807, 2.05) is 30.3 Å². The summed E-state index contributed by atoms with van der Waals surface area (Å²) in [6.45, 7) is 4.79. The number of rotatable bonds is 10.